The van der Waals surface area contributed by atoms with Crippen molar-refractivity contribution in [2.45, 2.75) is 31.4 Å². The fourth-order valence-electron chi connectivity index (χ4n) is 2.42. The van der Waals surface area contributed by atoms with E-state index in [4.69, 9.17) is 0 Å². The predicted octanol–water partition coefficient (Wildman–Crippen LogP) is 2.55. The first-order chi connectivity index (χ1) is 8.25. The van der Waals surface area contributed by atoms with Crippen molar-refractivity contribution >= 4 is 6.08 Å². The van der Waals surface area contributed by atoms with Gasteiger partial charge in [-0.15, -0.1) is 0 Å². The van der Waals surface area contributed by atoms with Gasteiger partial charge in [0.05, 0.1) is 6.10 Å². The van der Waals surface area contributed by atoms with Gasteiger partial charge in [-0.2, -0.15) is 0 Å². The van der Waals surface area contributed by atoms with Gasteiger partial charge in [-0.25, -0.2) is 0 Å². The molecule has 1 aliphatic heterocycles. The van der Waals surface area contributed by atoms with Gasteiger partial charge < -0.3 is 10.0 Å². The molecule has 1 N–H and O–H groups in total. The molecule has 1 aromatic rings. The van der Waals surface area contributed by atoms with Crippen molar-refractivity contribution in [3.63, 3.8) is 0 Å². The van der Waals surface area contributed by atoms with Crippen molar-refractivity contribution in [2.75, 3.05) is 13.6 Å². The van der Waals surface area contributed by atoms with E-state index in [-0.39, 0.29) is 6.10 Å². The normalized spacial score (nSPS) is 23.3. The molecule has 0 radical (unpaired) electrons. The molecule has 2 heteroatoms. The molecule has 0 saturated carbocycles. The Morgan fingerprint density at radius 1 is 1.41 bits per heavy atom. The fourth-order valence-corrected chi connectivity index (χ4v) is 2.42. The van der Waals surface area contributed by atoms with Crippen LogP contribution in [0.3, 0.4) is 0 Å². The van der Waals surface area contributed by atoms with Gasteiger partial charge >= 0.3 is 0 Å². The highest BCUT2D eigenvalue weighted by molar-refractivity contribution is 5.49. The second kappa shape index (κ2) is 5.99. The van der Waals surface area contributed by atoms with Crippen LogP contribution in [-0.4, -0.2) is 35.7 Å². The molecule has 0 spiro atoms. The van der Waals surface area contributed by atoms with Crippen LogP contribution < -0.4 is 0 Å². The molecule has 2 atom stereocenters. The summed E-state index contributed by atoms with van der Waals surface area (Å²) in [6.45, 7) is 1.17. The van der Waals surface area contributed by atoms with Crippen LogP contribution in [0.1, 0.15) is 24.8 Å². The number of rotatable bonds is 4. The lowest BCUT2D eigenvalue weighted by Crippen LogP contribution is -2.28. The van der Waals surface area contributed by atoms with Crippen LogP contribution in [0.15, 0.2) is 36.4 Å². The van der Waals surface area contributed by atoms with E-state index in [0.717, 1.165) is 12.0 Å². The molecule has 0 unspecified atom stereocenters. The first-order valence-electron chi connectivity index (χ1n) is 6.37. The summed E-state index contributed by atoms with van der Waals surface area (Å²) >= 11 is 0. The maximum Gasteiger partial charge on any atom is 0.0739 e. The number of hydrogen-bond acceptors (Lipinski definition) is 2. The molecule has 1 aliphatic rings. The van der Waals surface area contributed by atoms with Crippen LogP contribution in [0.5, 0.6) is 0 Å². The molecule has 0 aromatic heterocycles. The smallest absolute Gasteiger partial charge is 0.0739 e. The first kappa shape index (κ1) is 12.3. The molecule has 1 saturated heterocycles. The van der Waals surface area contributed by atoms with E-state index in [0.29, 0.717) is 6.04 Å². The summed E-state index contributed by atoms with van der Waals surface area (Å²) in [5.41, 5.74) is 1.14. The summed E-state index contributed by atoms with van der Waals surface area (Å²) in [6.07, 6.45) is 6.89. The number of aliphatic hydroxyl groups is 1. The van der Waals surface area contributed by atoms with Gasteiger partial charge in [0.1, 0.15) is 0 Å². The maximum atomic E-state index is 9.98. The quantitative estimate of drug-likeness (QED) is 0.861. The lowest BCUT2D eigenvalue weighted by atomic mass is 10.1. The molecule has 17 heavy (non-hydrogen) atoms. The van der Waals surface area contributed by atoms with Crippen molar-refractivity contribution in [3.8, 4) is 0 Å². The molecule has 0 bridgehead atoms. The van der Waals surface area contributed by atoms with Crippen molar-refractivity contribution < 1.29 is 5.11 Å². The zero-order valence-electron chi connectivity index (χ0n) is 10.4. The Bertz CT molecular complexity index is 360. The van der Waals surface area contributed by atoms with Gasteiger partial charge in [-0.1, -0.05) is 42.5 Å². The lowest BCUT2D eigenvalue weighted by Gasteiger charge is -2.20. The maximum absolute atomic E-state index is 9.98. The third-order valence-corrected chi connectivity index (χ3v) is 3.50. The Hall–Kier alpha value is -1.12. The minimum absolute atomic E-state index is 0.333. The van der Waals surface area contributed by atoms with E-state index in [1.165, 1.54) is 19.4 Å². The van der Waals surface area contributed by atoms with Gasteiger partial charge in [0.2, 0.25) is 0 Å². The first-order valence-corrected chi connectivity index (χ1v) is 6.37. The molecule has 92 valence electrons. The number of nitrogens with zero attached hydrogens (tertiary/aromatic N) is 1. The van der Waals surface area contributed by atoms with E-state index in [1.54, 1.807) is 0 Å². The van der Waals surface area contributed by atoms with Gasteiger partial charge in [0.25, 0.3) is 0 Å². The highest BCUT2D eigenvalue weighted by Gasteiger charge is 2.22. The average Bonchev–Trinajstić information content (AvgIpc) is 2.74. The SMILES string of the molecule is CN1CCC[C@@H]1C[C@H](O)C=Cc1ccccc1. The van der Waals surface area contributed by atoms with Gasteiger partial charge in [0, 0.05) is 6.04 Å². The predicted molar refractivity (Wildman–Crippen MR) is 71.8 cm³/mol. The number of likely N-dealkylation sites (tertiary alicyclic amines) is 1. The highest BCUT2D eigenvalue weighted by atomic mass is 16.3. The molecule has 2 nitrogen and oxygen atoms in total. The number of hydrogen-bond donors (Lipinski definition) is 1. The molecular formula is C15H21NO. The molecule has 0 aliphatic carbocycles. The fraction of sp³-hybridized carbons (Fsp3) is 0.467. The molecule has 0 amide bonds. The summed E-state index contributed by atoms with van der Waals surface area (Å²) in [5.74, 6) is 0. The van der Waals surface area contributed by atoms with Crippen molar-refractivity contribution in [1.82, 2.24) is 4.90 Å². The topological polar surface area (TPSA) is 23.5 Å². The monoisotopic (exact) mass is 231 g/mol. The zero-order chi connectivity index (χ0) is 12.1. The minimum atomic E-state index is -0.333. The van der Waals surface area contributed by atoms with E-state index >= 15 is 0 Å². The van der Waals surface area contributed by atoms with Gasteiger partial charge in [-0.3, -0.25) is 0 Å². The summed E-state index contributed by atoms with van der Waals surface area (Å²) < 4.78 is 0. The summed E-state index contributed by atoms with van der Waals surface area (Å²) in [4.78, 5) is 2.35. The number of benzene rings is 1. The average molecular weight is 231 g/mol. The Balaban J connectivity index is 1.84. The van der Waals surface area contributed by atoms with Crippen LogP contribution in [0, 0.1) is 0 Å². The van der Waals surface area contributed by atoms with E-state index in [2.05, 4.69) is 11.9 Å². The van der Waals surface area contributed by atoms with Crippen LogP contribution in [0.25, 0.3) is 6.08 Å². The van der Waals surface area contributed by atoms with E-state index < -0.39 is 0 Å². The van der Waals surface area contributed by atoms with Crippen LogP contribution in [-0.2, 0) is 0 Å². The van der Waals surface area contributed by atoms with Gasteiger partial charge in [0.15, 0.2) is 0 Å². The molecular weight excluding hydrogens is 210 g/mol. The highest BCUT2D eigenvalue weighted by Crippen LogP contribution is 2.19. The van der Waals surface area contributed by atoms with Crippen LogP contribution in [0.4, 0.5) is 0 Å². The largest absolute Gasteiger partial charge is 0.389 e. The van der Waals surface area contributed by atoms with Crippen molar-refractivity contribution in [3.05, 3.63) is 42.0 Å². The second-order valence-electron chi connectivity index (χ2n) is 4.85. The Morgan fingerprint density at radius 3 is 2.82 bits per heavy atom. The molecule has 1 fully saturated rings. The summed E-state index contributed by atoms with van der Waals surface area (Å²) in [7, 11) is 2.14. The Morgan fingerprint density at radius 2 is 2.18 bits per heavy atom. The second-order valence-corrected chi connectivity index (χ2v) is 4.85. The minimum Gasteiger partial charge on any atom is -0.389 e. The lowest BCUT2D eigenvalue weighted by molar-refractivity contribution is 0.167. The Kier molecular flexibility index (Phi) is 4.35. The van der Waals surface area contributed by atoms with Crippen LogP contribution >= 0.6 is 0 Å². The van der Waals surface area contributed by atoms with E-state index in [1.807, 2.05) is 42.5 Å². The molecule has 2 rings (SSSR count). The summed E-state index contributed by atoms with van der Waals surface area (Å²) in [6, 6.07) is 10.7. The van der Waals surface area contributed by atoms with Crippen molar-refractivity contribution in [1.29, 1.82) is 0 Å². The van der Waals surface area contributed by atoms with E-state index in [9.17, 15) is 5.11 Å². The molecule has 1 heterocycles. The van der Waals surface area contributed by atoms with Crippen LogP contribution in [0.2, 0.25) is 0 Å². The van der Waals surface area contributed by atoms with Crippen molar-refractivity contribution in [2.24, 2.45) is 0 Å². The standard InChI is InChI=1S/C15H21NO/c1-16-11-5-8-14(16)12-15(17)10-9-13-6-3-2-4-7-13/h2-4,6-7,9-10,14-15,17H,5,8,11-12H2,1H3/t14-,15-/m1/s1. The Labute approximate surface area is 104 Å². The number of aliphatic hydroxyl groups excluding tert-OH is 1. The summed E-state index contributed by atoms with van der Waals surface area (Å²) in [5, 5.41) is 9.98. The third kappa shape index (κ3) is 3.69. The third-order valence-electron chi connectivity index (χ3n) is 3.50. The van der Waals surface area contributed by atoms with Gasteiger partial charge in [-0.05, 0) is 38.4 Å². The zero-order valence-corrected chi connectivity index (χ0v) is 10.4. The molecule has 1 aromatic carbocycles.